The maximum Gasteiger partial charge on any atom is 0.150 e. The van der Waals surface area contributed by atoms with Gasteiger partial charge in [0.05, 0.1) is 6.07 Å². The molecule has 0 spiro atoms. The van der Waals surface area contributed by atoms with E-state index >= 15 is 0 Å². The summed E-state index contributed by atoms with van der Waals surface area (Å²) in [4.78, 5) is 11.7. The fraction of sp³-hybridized carbons (Fsp3) is 0.833. The van der Waals surface area contributed by atoms with Gasteiger partial charge in [-0.3, -0.25) is 4.79 Å². The molecule has 1 aliphatic carbocycles. The molecule has 78 valence electrons. The fourth-order valence-corrected chi connectivity index (χ4v) is 2.21. The van der Waals surface area contributed by atoms with Crippen LogP contribution < -0.4 is 0 Å². The Morgan fingerprint density at radius 1 is 1.43 bits per heavy atom. The average Bonchev–Trinajstić information content (AvgIpc) is 2.21. The van der Waals surface area contributed by atoms with Crippen LogP contribution in [0.1, 0.15) is 51.9 Å². The quantitative estimate of drug-likeness (QED) is 0.688. The molecule has 2 heteroatoms. The Hall–Kier alpha value is -0.840. The standard InChI is InChI=1S/C12H19NO/c1-2-11(9-13)12(14)8-10-6-4-3-5-7-10/h10-11H,2-8H2,1H3. The van der Waals surface area contributed by atoms with Crippen LogP contribution in [0, 0.1) is 23.2 Å². The average molecular weight is 193 g/mol. The van der Waals surface area contributed by atoms with Gasteiger partial charge in [-0.15, -0.1) is 0 Å². The molecule has 14 heavy (non-hydrogen) atoms. The lowest BCUT2D eigenvalue weighted by molar-refractivity contribution is -0.122. The highest BCUT2D eigenvalue weighted by molar-refractivity contribution is 5.83. The van der Waals surface area contributed by atoms with E-state index in [0.717, 1.165) is 0 Å². The van der Waals surface area contributed by atoms with Crippen molar-refractivity contribution in [3.8, 4) is 6.07 Å². The summed E-state index contributed by atoms with van der Waals surface area (Å²) < 4.78 is 0. The van der Waals surface area contributed by atoms with Gasteiger partial charge in [0.2, 0.25) is 0 Å². The Balaban J connectivity index is 2.35. The predicted octanol–water partition coefficient (Wildman–Crippen LogP) is 3.08. The van der Waals surface area contributed by atoms with Crippen molar-refractivity contribution in [1.82, 2.24) is 0 Å². The molecule has 0 N–H and O–H groups in total. The van der Waals surface area contributed by atoms with Crippen molar-refractivity contribution in [2.75, 3.05) is 0 Å². The summed E-state index contributed by atoms with van der Waals surface area (Å²) in [6.07, 6.45) is 7.54. The molecule has 0 heterocycles. The molecule has 0 aromatic heterocycles. The maximum atomic E-state index is 11.7. The van der Waals surface area contributed by atoms with Crippen molar-refractivity contribution in [1.29, 1.82) is 5.26 Å². The van der Waals surface area contributed by atoms with Crippen LogP contribution in [0.25, 0.3) is 0 Å². The van der Waals surface area contributed by atoms with E-state index in [4.69, 9.17) is 5.26 Å². The first kappa shape index (κ1) is 11.2. The first-order chi connectivity index (χ1) is 6.77. The minimum atomic E-state index is -0.350. The molecule has 0 amide bonds. The molecule has 1 aliphatic rings. The topological polar surface area (TPSA) is 40.9 Å². The van der Waals surface area contributed by atoms with Crippen LogP contribution in [-0.4, -0.2) is 5.78 Å². The van der Waals surface area contributed by atoms with Gasteiger partial charge in [-0.05, 0) is 12.3 Å². The van der Waals surface area contributed by atoms with E-state index in [1.165, 1.54) is 32.1 Å². The van der Waals surface area contributed by atoms with Crippen LogP contribution in [0.2, 0.25) is 0 Å². The largest absolute Gasteiger partial charge is 0.298 e. The molecule has 0 aliphatic heterocycles. The van der Waals surface area contributed by atoms with E-state index in [1.807, 2.05) is 6.92 Å². The van der Waals surface area contributed by atoms with Crippen molar-refractivity contribution in [3.63, 3.8) is 0 Å². The van der Waals surface area contributed by atoms with Crippen LogP contribution in [0.5, 0.6) is 0 Å². The van der Waals surface area contributed by atoms with Gasteiger partial charge in [0.15, 0.2) is 0 Å². The van der Waals surface area contributed by atoms with E-state index in [9.17, 15) is 4.79 Å². The van der Waals surface area contributed by atoms with Gasteiger partial charge in [-0.1, -0.05) is 39.0 Å². The van der Waals surface area contributed by atoms with Crippen LogP contribution >= 0.6 is 0 Å². The summed E-state index contributed by atoms with van der Waals surface area (Å²) in [7, 11) is 0. The number of hydrogen-bond donors (Lipinski definition) is 0. The Bertz CT molecular complexity index is 223. The molecular formula is C12H19NO. The third-order valence-electron chi connectivity index (χ3n) is 3.17. The van der Waals surface area contributed by atoms with Gasteiger partial charge in [0.25, 0.3) is 0 Å². The monoisotopic (exact) mass is 193 g/mol. The maximum absolute atomic E-state index is 11.7. The molecular weight excluding hydrogens is 174 g/mol. The number of rotatable bonds is 4. The molecule has 1 saturated carbocycles. The minimum Gasteiger partial charge on any atom is -0.298 e. The summed E-state index contributed by atoms with van der Waals surface area (Å²) in [5, 5.41) is 8.76. The summed E-state index contributed by atoms with van der Waals surface area (Å²) >= 11 is 0. The van der Waals surface area contributed by atoms with Crippen molar-refractivity contribution in [2.24, 2.45) is 11.8 Å². The SMILES string of the molecule is CCC(C#N)C(=O)CC1CCCCC1. The summed E-state index contributed by atoms with van der Waals surface area (Å²) in [6.45, 7) is 1.91. The zero-order valence-electron chi connectivity index (χ0n) is 8.96. The number of hydrogen-bond acceptors (Lipinski definition) is 2. The van der Waals surface area contributed by atoms with Gasteiger partial charge in [-0.25, -0.2) is 0 Å². The van der Waals surface area contributed by atoms with E-state index in [-0.39, 0.29) is 11.7 Å². The molecule has 1 atom stereocenters. The molecule has 0 aromatic carbocycles. The molecule has 1 unspecified atom stereocenters. The fourth-order valence-electron chi connectivity index (χ4n) is 2.21. The second-order valence-corrected chi connectivity index (χ2v) is 4.26. The number of carbonyl (C=O) groups is 1. The Labute approximate surface area is 86.3 Å². The van der Waals surface area contributed by atoms with Crippen LogP contribution in [0.4, 0.5) is 0 Å². The van der Waals surface area contributed by atoms with Gasteiger partial charge < -0.3 is 0 Å². The summed E-state index contributed by atoms with van der Waals surface area (Å²) in [5.41, 5.74) is 0. The Kier molecular flexibility index (Phi) is 4.65. The molecule has 1 fully saturated rings. The van der Waals surface area contributed by atoms with Crippen molar-refractivity contribution >= 4 is 5.78 Å². The Morgan fingerprint density at radius 3 is 2.57 bits per heavy atom. The van der Waals surface area contributed by atoms with Gasteiger partial charge >= 0.3 is 0 Å². The van der Waals surface area contributed by atoms with Gasteiger partial charge in [0, 0.05) is 6.42 Å². The highest BCUT2D eigenvalue weighted by atomic mass is 16.1. The predicted molar refractivity (Wildman–Crippen MR) is 55.6 cm³/mol. The zero-order valence-corrected chi connectivity index (χ0v) is 8.96. The first-order valence-electron chi connectivity index (χ1n) is 5.70. The lowest BCUT2D eigenvalue weighted by Gasteiger charge is -2.21. The van der Waals surface area contributed by atoms with Gasteiger partial charge in [-0.2, -0.15) is 5.26 Å². The molecule has 0 radical (unpaired) electrons. The van der Waals surface area contributed by atoms with Crippen molar-refractivity contribution in [2.45, 2.75) is 51.9 Å². The lowest BCUT2D eigenvalue weighted by Crippen LogP contribution is -2.18. The van der Waals surface area contributed by atoms with Crippen LogP contribution in [0.15, 0.2) is 0 Å². The first-order valence-corrected chi connectivity index (χ1v) is 5.70. The third-order valence-corrected chi connectivity index (χ3v) is 3.17. The molecule has 1 rings (SSSR count). The highest BCUT2D eigenvalue weighted by Gasteiger charge is 2.21. The minimum absolute atomic E-state index is 0.168. The second-order valence-electron chi connectivity index (χ2n) is 4.26. The molecule has 0 saturated heterocycles. The van der Waals surface area contributed by atoms with Crippen LogP contribution in [0.3, 0.4) is 0 Å². The second kappa shape index (κ2) is 5.80. The van der Waals surface area contributed by atoms with E-state index in [2.05, 4.69) is 6.07 Å². The Morgan fingerprint density at radius 2 is 2.07 bits per heavy atom. The smallest absolute Gasteiger partial charge is 0.150 e. The zero-order chi connectivity index (χ0) is 10.4. The number of ketones is 1. The number of nitrogens with zero attached hydrogens (tertiary/aromatic N) is 1. The highest BCUT2D eigenvalue weighted by Crippen LogP contribution is 2.27. The number of Topliss-reactive ketones (excluding diaryl/α,β-unsaturated/α-hetero) is 1. The van der Waals surface area contributed by atoms with Crippen molar-refractivity contribution in [3.05, 3.63) is 0 Å². The lowest BCUT2D eigenvalue weighted by atomic mass is 9.83. The van der Waals surface area contributed by atoms with Crippen molar-refractivity contribution < 1.29 is 4.79 Å². The summed E-state index contributed by atoms with van der Waals surface area (Å²) in [6, 6.07) is 2.09. The van der Waals surface area contributed by atoms with E-state index in [1.54, 1.807) is 0 Å². The number of carbonyl (C=O) groups excluding carboxylic acids is 1. The number of nitriles is 1. The van der Waals surface area contributed by atoms with Crippen LogP contribution in [-0.2, 0) is 4.79 Å². The molecule has 2 nitrogen and oxygen atoms in total. The normalized spacial score (nSPS) is 20.0. The van der Waals surface area contributed by atoms with E-state index < -0.39 is 0 Å². The van der Waals surface area contributed by atoms with Gasteiger partial charge in [0.1, 0.15) is 11.7 Å². The van der Waals surface area contributed by atoms with E-state index in [0.29, 0.717) is 18.8 Å². The molecule has 0 aromatic rings. The summed E-state index contributed by atoms with van der Waals surface area (Å²) in [5.74, 6) is 0.387. The molecule has 0 bridgehead atoms. The third kappa shape index (κ3) is 3.14.